The van der Waals surface area contributed by atoms with Crippen LogP contribution in [0, 0.1) is 0 Å². The number of nitrogens with one attached hydrogen (secondary N) is 1. The average molecular weight is 284 g/mol. The molecular formula is C15H22ClNO2. The van der Waals surface area contributed by atoms with Gasteiger partial charge in [0.15, 0.2) is 0 Å². The van der Waals surface area contributed by atoms with Gasteiger partial charge in [-0.1, -0.05) is 43.0 Å². The van der Waals surface area contributed by atoms with Crippen LogP contribution in [0.25, 0.3) is 0 Å². The van der Waals surface area contributed by atoms with E-state index in [1.807, 2.05) is 18.2 Å². The minimum Gasteiger partial charge on any atom is -0.489 e. The number of para-hydroxylation sites is 1. The molecule has 0 aliphatic heterocycles. The highest BCUT2D eigenvalue weighted by Gasteiger charge is 2.14. The molecule has 0 saturated heterocycles. The summed E-state index contributed by atoms with van der Waals surface area (Å²) in [5, 5.41) is 13.9. The van der Waals surface area contributed by atoms with Crippen molar-refractivity contribution in [1.29, 1.82) is 0 Å². The van der Waals surface area contributed by atoms with Crippen LogP contribution in [0.15, 0.2) is 24.3 Å². The predicted octanol–water partition coefficient (Wildman–Crippen LogP) is 3.00. The zero-order chi connectivity index (χ0) is 13.5. The lowest BCUT2D eigenvalue weighted by Gasteiger charge is -2.24. The topological polar surface area (TPSA) is 41.5 Å². The van der Waals surface area contributed by atoms with Gasteiger partial charge in [-0.2, -0.15) is 0 Å². The van der Waals surface area contributed by atoms with E-state index in [9.17, 15) is 5.11 Å². The SMILES string of the molecule is O[C@H](CNC1CCCCC1)COc1ccccc1Cl. The Morgan fingerprint density at radius 2 is 2.00 bits per heavy atom. The lowest BCUT2D eigenvalue weighted by Crippen LogP contribution is -2.38. The molecule has 0 heterocycles. The second-order valence-corrected chi connectivity index (χ2v) is 5.55. The van der Waals surface area contributed by atoms with Crippen molar-refractivity contribution in [1.82, 2.24) is 5.32 Å². The molecule has 0 amide bonds. The summed E-state index contributed by atoms with van der Waals surface area (Å²) in [5.74, 6) is 0.626. The zero-order valence-electron chi connectivity index (χ0n) is 11.1. The molecule has 2 N–H and O–H groups in total. The van der Waals surface area contributed by atoms with Crippen molar-refractivity contribution in [2.45, 2.75) is 44.2 Å². The van der Waals surface area contributed by atoms with Crippen LogP contribution in [0.2, 0.25) is 5.02 Å². The minimum absolute atomic E-state index is 0.267. The molecule has 1 fully saturated rings. The molecule has 106 valence electrons. The third kappa shape index (κ3) is 5.01. The second-order valence-electron chi connectivity index (χ2n) is 5.14. The summed E-state index contributed by atoms with van der Waals surface area (Å²) in [6.45, 7) is 0.846. The van der Waals surface area contributed by atoms with Crippen molar-refractivity contribution in [3.05, 3.63) is 29.3 Å². The van der Waals surface area contributed by atoms with Gasteiger partial charge in [-0.3, -0.25) is 0 Å². The molecule has 2 rings (SSSR count). The van der Waals surface area contributed by atoms with Crippen LogP contribution in [-0.2, 0) is 0 Å². The van der Waals surface area contributed by atoms with E-state index in [-0.39, 0.29) is 6.61 Å². The van der Waals surface area contributed by atoms with Gasteiger partial charge < -0.3 is 15.2 Å². The van der Waals surface area contributed by atoms with E-state index in [2.05, 4.69) is 5.32 Å². The summed E-state index contributed by atoms with van der Waals surface area (Å²) >= 11 is 5.98. The van der Waals surface area contributed by atoms with Crippen molar-refractivity contribution < 1.29 is 9.84 Å². The summed E-state index contributed by atoms with van der Waals surface area (Å²) in [7, 11) is 0. The van der Waals surface area contributed by atoms with Crippen molar-refractivity contribution >= 4 is 11.6 Å². The standard InChI is InChI=1S/C15H22ClNO2/c16-14-8-4-5-9-15(14)19-11-13(18)10-17-12-6-2-1-3-7-12/h4-5,8-9,12-13,17-18H,1-3,6-7,10-11H2/t13-/m1/s1. The Labute approximate surface area is 119 Å². The largest absolute Gasteiger partial charge is 0.489 e. The van der Waals surface area contributed by atoms with E-state index < -0.39 is 6.10 Å². The average Bonchev–Trinajstić information content (AvgIpc) is 2.45. The second kappa shape index (κ2) is 7.73. The summed E-state index contributed by atoms with van der Waals surface area (Å²) in [6, 6.07) is 7.88. The van der Waals surface area contributed by atoms with E-state index in [4.69, 9.17) is 16.3 Å². The molecule has 1 aromatic rings. The third-order valence-corrected chi connectivity index (χ3v) is 3.83. The van der Waals surface area contributed by atoms with E-state index in [0.29, 0.717) is 23.4 Å². The van der Waals surface area contributed by atoms with Crippen molar-refractivity contribution in [3.8, 4) is 5.75 Å². The lowest BCUT2D eigenvalue weighted by atomic mass is 9.95. The zero-order valence-corrected chi connectivity index (χ0v) is 11.9. The monoisotopic (exact) mass is 283 g/mol. The first-order valence-electron chi connectivity index (χ1n) is 7.04. The fourth-order valence-electron chi connectivity index (χ4n) is 2.42. The van der Waals surface area contributed by atoms with Gasteiger partial charge in [0.25, 0.3) is 0 Å². The van der Waals surface area contributed by atoms with Gasteiger partial charge in [-0.05, 0) is 25.0 Å². The van der Waals surface area contributed by atoms with Gasteiger partial charge in [0.2, 0.25) is 0 Å². The third-order valence-electron chi connectivity index (χ3n) is 3.52. The van der Waals surface area contributed by atoms with Crippen LogP contribution in [0.1, 0.15) is 32.1 Å². The molecule has 0 spiro atoms. The molecule has 0 unspecified atom stereocenters. The fraction of sp³-hybridized carbons (Fsp3) is 0.600. The highest BCUT2D eigenvalue weighted by atomic mass is 35.5. The van der Waals surface area contributed by atoms with E-state index in [1.54, 1.807) is 6.07 Å². The van der Waals surface area contributed by atoms with Crippen LogP contribution in [0.3, 0.4) is 0 Å². The summed E-state index contributed by atoms with van der Waals surface area (Å²) in [6.07, 6.45) is 5.87. The highest BCUT2D eigenvalue weighted by molar-refractivity contribution is 6.32. The number of benzene rings is 1. The van der Waals surface area contributed by atoms with Gasteiger partial charge in [0.05, 0.1) is 5.02 Å². The number of aliphatic hydroxyl groups is 1. The Bertz CT molecular complexity index is 380. The fourth-order valence-corrected chi connectivity index (χ4v) is 2.61. The summed E-state index contributed by atoms with van der Waals surface area (Å²) in [4.78, 5) is 0. The van der Waals surface area contributed by atoms with Gasteiger partial charge in [0, 0.05) is 12.6 Å². The Morgan fingerprint density at radius 1 is 1.26 bits per heavy atom. The van der Waals surface area contributed by atoms with Gasteiger partial charge in [-0.25, -0.2) is 0 Å². The van der Waals surface area contributed by atoms with E-state index in [1.165, 1.54) is 32.1 Å². The smallest absolute Gasteiger partial charge is 0.138 e. The van der Waals surface area contributed by atoms with Crippen molar-refractivity contribution in [2.75, 3.05) is 13.2 Å². The van der Waals surface area contributed by atoms with Crippen molar-refractivity contribution in [3.63, 3.8) is 0 Å². The van der Waals surface area contributed by atoms with Gasteiger partial charge >= 0.3 is 0 Å². The maximum Gasteiger partial charge on any atom is 0.138 e. The normalized spacial score (nSPS) is 18.2. The Kier molecular flexibility index (Phi) is 5.95. The summed E-state index contributed by atoms with van der Waals surface area (Å²) < 4.78 is 5.52. The number of rotatable bonds is 6. The molecule has 3 nitrogen and oxygen atoms in total. The van der Waals surface area contributed by atoms with E-state index in [0.717, 1.165) is 0 Å². The lowest BCUT2D eigenvalue weighted by molar-refractivity contribution is 0.102. The molecular weight excluding hydrogens is 262 g/mol. The Balaban J connectivity index is 1.66. The Morgan fingerprint density at radius 3 is 2.74 bits per heavy atom. The summed E-state index contributed by atoms with van der Waals surface area (Å²) in [5.41, 5.74) is 0. The van der Waals surface area contributed by atoms with E-state index >= 15 is 0 Å². The van der Waals surface area contributed by atoms with Crippen molar-refractivity contribution in [2.24, 2.45) is 0 Å². The van der Waals surface area contributed by atoms with Crippen LogP contribution in [0.4, 0.5) is 0 Å². The number of hydrogen-bond acceptors (Lipinski definition) is 3. The quantitative estimate of drug-likeness (QED) is 0.843. The minimum atomic E-state index is -0.502. The first-order valence-corrected chi connectivity index (χ1v) is 7.42. The molecule has 0 bridgehead atoms. The molecule has 19 heavy (non-hydrogen) atoms. The maximum atomic E-state index is 9.90. The molecule has 1 aromatic carbocycles. The van der Waals surface area contributed by atoms with Crippen LogP contribution < -0.4 is 10.1 Å². The maximum absolute atomic E-state index is 9.90. The molecule has 1 saturated carbocycles. The number of halogens is 1. The van der Waals surface area contributed by atoms with Crippen LogP contribution in [0.5, 0.6) is 5.75 Å². The van der Waals surface area contributed by atoms with Crippen LogP contribution >= 0.6 is 11.6 Å². The van der Waals surface area contributed by atoms with Gasteiger partial charge in [-0.15, -0.1) is 0 Å². The molecule has 0 radical (unpaired) electrons. The number of aliphatic hydroxyl groups excluding tert-OH is 1. The Hall–Kier alpha value is -0.770. The molecule has 1 atom stereocenters. The van der Waals surface area contributed by atoms with Gasteiger partial charge in [0.1, 0.15) is 18.5 Å². The first kappa shape index (κ1) is 14.6. The van der Waals surface area contributed by atoms with Crippen LogP contribution in [-0.4, -0.2) is 30.4 Å². The first-order chi connectivity index (χ1) is 9.25. The molecule has 0 aromatic heterocycles. The molecule has 1 aliphatic rings. The number of hydrogen-bond donors (Lipinski definition) is 2. The highest BCUT2D eigenvalue weighted by Crippen LogP contribution is 2.23. The number of ether oxygens (including phenoxy) is 1. The molecule has 4 heteroatoms. The predicted molar refractivity (Wildman–Crippen MR) is 77.8 cm³/mol. The molecule has 1 aliphatic carbocycles.